The first-order valence-electron chi connectivity index (χ1n) is 8.12. The summed E-state index contributed by atoms with van der Waals surface area (Å²) in [6, 6.07) is 10.7. The minimum atomic E-state index is -0.214. The maximum Gasteiger partial charge on any atom is 0.289 e. The average molecular weight is 327 g/mol. The van der Waals surface area contributed by atoms with Crippen LogP contribution in [0.1, 0.15) is 40.6 Å². The molecule has 2 heterocycles. The summed E-state index contributed by atoms with van der Waals surface area (Å²) in [6.45, 7) is 2.95. The third-order valence-electron chi connectivity index (χ3n) is 4.46. The number of hydrogen-bond acceptors (Lipinski definition) is 4. The molecule has 1 aromatic carbocycles. The Bertz CT molecular complexity index is 788. The molecule has 24 heavy (non-hydrogen) atoms. The van der Waals surface area contributed by atoms with E-state index in [-0.39, 0.29) is 17.1 Å². The van der Waals surface area contributed by atoms with Crippen LogP contribution in [0.3, 0.4) is 0 Å². The van der Waals surface area contributed by atoms with E-state index >= 15 is 0 Å². The van der Waals surface area contributed by atoms with Crippen LogP contribution in [-0.4, -0.2) is 31.0 Å². The summed E-state index contributed by atoms with van der Waals surface area (Å²) in [5.74, 6) is 1.63. The smallest absolute Gasteiger partial charge is 0.289 e. The number of carbonyl (C=O) groups excluding carboxylic acids is 1. The molecule has 1 aliphatic rings. The van der Waals surface area contributed by atoms with E-state index in [9.17, 15) is 9.59 Å². The zero-order chi connectivity index (χ0) is 17.1. The zero-order valence-corrected chi connectivity index (χ0v) is 14.0. The van der Waals surface area contributed by atoms with Gasteiger partial charge in [-0.05, 0) is 37.3 Å². The van der Waals surface area contributed by atoms with E-state index in [2.05, 4.69) is 6.07 Å². The molecule has 1 saturated heterocycles. The Balaban J connectivity index is 1.70. The summed E-state index contributed by atoms with van der Waals surface area (Å²) < 4.78 is 10.8. The fourth-order valence-corrected chi connectivity index (χ4v) is 3.26. The number of benzene rings is 1. The van der Waals surface area contributed by atoms with Crippen molar-refractivity contribution in [2.24, 2.45) is 0 Å². The maximum absolute atomic E-state index is 12.5. The Kier molecular flexibility index (Phi) is 4.69. The molecule has 1 aliphatic heterocycles. The van der Waals surface area contributed by atoms with Crippen LogP contribution in [0, 0.1) is 6.92 Å². The molecule has 2 aromatic rings. The summed E-state index contributed by atoms with van der Waals surface area (Å²) in [5, 5.41) is 0. The first-order chi connectivity index (χ1) is 11.6. The summed E-state index contributed by atoms with van der Waals surface area (Å²) in [7, 11) is 1.68. The molecule has 0 aliphatic carbocycles. The summed E-state index contributed by atoms with van der Waals surface area (Å²) in [6.07, 6.45) is 1.73. The van der Waals surface area contributed by atoms with Crippen molar-refractivity contribution in [1.82, 2.24) is 4.90 Å². The van der Waals surface area contributed by atoms with Gasteiger partial charge in [0.15, 0.2) is 11.2 Å². The highest BCUT2D eigenvalue weighted by Gasteiger charge is 2.27. The number of methoxy groups -OCH3 is 1. The number of para-hydroxylation sites is 1. The molecule has 0 N–H and O–H groups in total. The van der Waals surface area contributed by atoms with Crippen molar-refractivity contribution in [3.8, 4) is 5.75 Å². The molecule has 0 bridgehead atoms. The van der Waals surface area contributed by atoms with Gasteiger partial charge in [-0.2, -0.15) is 0 Å². The second kappa shape index (κ2) is 6.91. The van der Waals surface area contributed by atoms with Gasteiger partial charge in [0.05, 0.1) is 7.11 Å². The Morgan fingerprint density at radius 2 is 1.92 bits per heavy atom. The van der Waals surface area contributed by atoms with Gasteiger partial charge in [-0.15, -0.1) is 0 Å². The van der Waals surface area contributed by atoms with E-state index < -0.39 is 0 Å². The van der Waals surface area contributed by atoms with Crippen LogP contribution in [0.5, 0.6) is 5.75 Å². The number of hydrogen-bond donors (Lipinski definition) is 0. The van der Waals surface area contributed by atoms with Gasteiger partial charge in [0, 0.05) is 25.2 Å². The lowest BCUT2D eigenvalue weighted by Gasteiger charge is -2.32. The largest absolute Gasteiger partial charge is 0.496 e. The molecule has 0 saturated carbocycles. The third-order valence-corrected chi connectivity index (χ3v) is 4.46. The quantitative estimate of drug-likeness (QED) is 0.869. The SMILES string of the molecule is COc1ccccc1C1CCN(C(=O)c2cc(=O)cc(C)o2)CC1. The molecule has 0 spiro atoms. The van der Waals surface area contributed by atoms with Crippen LogP contribution in [0.25, 0.3) is 0 Å². The highest BCUT2D eigenvalue weighted by atomic mass is 16.5. The molecule has 0 unspecified atom stereocenters. The Hall–Kier alpha value is -2.56. The van der Waals surface area contributed by atoms with Crippen molar-refractivity contribution >= 4 is 5.91 Å². The molecule has 1 fully saturated rings. The molecular weight excluding hydrogens is 306 g/mol. The van der Waals surface area contributed by atoms with Gasteiger partial charge in [-0.1, -0.05) is 18.2 Å². The molecule has 126 valence electrons. The van der Waals surface area contributed by atoms with Gasteiger partial charge >= 0.3 is 0 Å². The topological polar surface area (TPSA) is 59.8 Å². The molecule has 0 atom stereocenters. The lowest BCUT2D eigenvalue weighted by molar-refractivity contribution is 0.0676. The van der Waals surface area contributed by atoms with E-state index in [1.807, 2.05) is 18.2 Å². The van der Waals surface area contributed by atoms with Crippen molar-refractivity contribution in [2.75, 3.05) is 20.2 Å². The number of amides is 1. The van der Waals surface area contributed by atoms with Crippen LogP contribution in [-0.2, 0) is 0 Å². The van der Waals surface area contributed by atoms with Gasteiger partial charge in [0.1, 0.15) is 11.5 Å². The number of carbonyl (C=O) groups is 1. The molecule has 3 rings (SSSR count). The monoisotopic (exact) mass is 327 g/mol. The number of ether oxygens (including phenoxy) is 1. The summed E-state index contributed by atoms with van der Waals surface area (Å²) >= 11 is 0. The Morgan fingerprint density at radius 3 is 2.58 bits per heavy atom. The zero-order valence-electron chi connectivity index (χ0n) is 14.0. The van der Waals surface area contributed by atoms with Crippen molar-refractivity contribution in [1.29, 1.82) is 0 Å². The number of nitrogens with zero attached hydrogens (tertiary/aromatic N) is 1. The first kappa shape index (κ1) is 16.3. The lowest BCUT2D eigenvalue weighted by atomic mass is 9.88. The van der Waals surface area contributed by atoms with Crippen LogP contribution in [0.4, 0.5) is 0 Å². The molecular formula is C19H21NO4. The highest BCUT2D eigenvalue weighted by Crippen LogP contribution is 2.34. The van der Waals surface area contributed by atoms with Crippen LogP contribution < -0.4 is 10.2 Å². The average Bonchev–Trinajstić information content (AvgIpc) is 2.60. The van der Waals surface area contributed by atoms with E-state index in [4.69, 9.17) is 9.15 Å². The van der Waals surface area contributed by atoms with Gasteiger partial charge in [0.25, 0.3) is 5.91 Å². The van der Waals surface area contributed by atoms with Gasteiger partial charge in [0.2, 0.25) is 0 Å². The first-order valence-corrected chi connectivity index (χ1v) is 8.12. The molecule has 5 heteroatoms. The van der Waals surface area contributed by atoms with Crippen LogP contribution in [0.15, 0.2) is 45.6 Å². The van der Waals surface area contributed by atoms with Crippen LogP contribution in [0.2, 0.25) is 0 Å². The summed E-state index contributed by atoms with van der Waals surface area (Å²) in [4.78, 5) is 25.9. The minimum Gasteiger partial charge on any atom is -0.496 e. The summed E-state index contributed by atoms with van der Waals surface area (Å²) in [5.41, 5.74) is 0.986. The maximum atomic E-state index is 12.5. The lowest BCUT2D eigenvalue weighted by Crippen LogP contribution is -2.38. The molecule has 1 amide bonds. The van der Waals surface area contributed by atoms with E-state index in [0.29, 0.717) is 24.8 Å². The van der Waals surface area contributed by atoms with Crippen molar-refractivity contribution < 1.29 is 13.9 Å². The van der Waals surface area contributed by atoms with Crippen molar-refractivity contribution in [3.05, 3.63) is 63.7 Å². The number of piperidine rings is 1. The fourth-order valence-electron chi connectivity index (χ4n) is 3.26. The van der Waals surface area contributed by atoms with Crippen molar-refractivity contribution in [2.45, 2.75) is 25.7 Å². The highest BCUT2D eigenvalue weighted by molar-refractivity contribution is 5.91. The van der Waals surface area contributed by atoms with Gasteiger partial charge < -0.3 is 14.1 Å². The van der Waals surface area contributed by atoms with E-state index in [1.54, 1.807) is 18.9 Å². The van der Waals surface area contributed by atoms with E-state index in [0.717, 1.165) is 18.6 Å². The second-order valence-corrected chi connectivity index (χ2v) is 6.08. The van der Waals surface area contributed by atoms with E-state index in [1.165, 1.54) is 17.7 Å². The molecule has 5 nitrogen and oxygen atoms in total. The molecule has 1 aromatic heterocycles. The Labute approximate surface area is 140 Å². The minimum absolute atomic E-state index is 0.121. The van der Waals surface area contributed by atoms with Crippen LogP contribution >= 0.6 is 0 Å². The van der Waals surface area contributed by atoms with Gasteiger partial charge in [-0.25, -0.2) is 0 Å². The second-order valence-electron chi connectivity index (χ2n) is 6.08. The predicted octanol–water partition coefficient (Wildman–Crippen LogP) is 2.98. The predicted molar refractivity (Wildman–Crippen MR) is 90.6 cm³/mol. The molecule has 0 radical (unpaired) electrons. The number of aryl methyl sites for hydroxylation is 1. The standard InChI is InChI=1S/C19H21NO4/c1-13-11-15(21)12-18(24-13)19(22)20-9-7-14(8-10-20)16-5-3-4-6-17(16)23-2/h3-6,11-12,14H,7-10H2,1-2H3. The normalized spacial score (nSPS) is 15.3. The van der Waals surface area contributed by atoms with Gasteiger partial charge in [-0.3, -0.25) is 9.59 Å². The fraction of sp³-hybridized carbons (Fsp3) is 0.368. The third kappa shape index (κ3) is 3.35. The number of rotatable bonds is 3. The Morgan fingerprint density at radius 1 is 1.21 bits per heavy atom. The number of likely N-dealkylation sites (tertiary alicyclic amines) is 1. The van der Waals surface area contributed by atoms with Crippen molar-refractivity contribution in [3.63, 3.8) is 0 Å².